The van der Waals surface area contributed by atoms with Gasteiger partial charge in [-0.3, -0.25) is 9.59 Å². The molecule has 120 valence electrons. The molecule has 0 unspecified atom stereocenters. The van der Waals surface area contributed by atoms with Crippen molar-refractivity contribution in [1.29, 1.82) is 0 Å². The fourth-order valence-electron chi connectivity index (χ4n) is 2.42. The van der Waals surface area contributed by atoms with Crippen molar-refractivity contribution in [3.63, 3.8) is 0 Å². The van der Waals surface area contributed by atoms with Crippen LogP contribution in [0.3, 0.4) is 0 Å². The average molecular weight is 330 g/mol. The third kappa shape index (κ3) is 3.88. The van der Waals surface area contributed by atoms with Crippen LogP contribution in [0.2, 0.25) is 5.02 Å². The van der Waals surface area contributed by atoms with Crippen LogP contribution in [0.25, 0.3) is 0 Å². The molecule has 1 aromatic carbocycles. The number of halogens is 2. The number of carboxylic acids is 1. The maximum atomic E-state index is 13.0. The van der Waals surface area contributed by atoms with Crippen molar-refractivity contribution in [1.82, 2.24) is 4.90 Å². The molecule has 0 bridgehead atoms. The number of aliphatic carboxylic acids is 1. The van der Waals surface area contributed by atoms with Gasteiger partial charge in [-0.05, 0) is 38.0 Å². The molecule has 1 saturated heterocycles. The summed E-state index contributed by atoms with van der Waals surface area (Å²) in [5.41, 5.74) is 0. The molecule has 0 spiro atoms. The molecule has 5 nitrogen and oxygen atoms in total. The van der Waals surface area contributed by atoms with E-state index < -0.39 is 23.8 Å². The summed E-state index contributed by atoms with van der Waals surface area (Å²) in [6.07, 6.45) is 0.0975. The summed E-state index contributed by atoms with van der Waals surface area (Å²) >= 11 is 5.86. The van der Waals surface area contributed by atoms with Crippen molar-refractivity contribution < 1.29 is 23.8 Å². The van der Waals surface area contributed by atoms with Crippen molar-refractivity contribution >= 4 is 23.5 Å². The van der Waals surface area contributed by atoms with E-state index in [4.69, 9.17) is 21.4 Å². The quantitative estimate of drug-likeness (QED) is 0.922. The van der Waals surface area contributed by atoms with Crippen LogP contribution in [-0.2, 0) is 9.59 Å². The third-order valence-electron chi connectivity index (χ3n) is 3.70. The highest BCUT2D eigenvalue weighted by molar-refractivity contribution is 6.32. The number of carboxylic acid groups (broad SMARTS) is 1. The Labute approximate surface area is 132 Å². The van der Waals surface area contributed by atoms with Crippen LogP contribution in [0.15, 0.2) is 18.2 Å². The standard InChI is InChI=1S/C15H17ClFNO4/c1-9(22-13-3-2-11(17)8-12(13)16)14(19)18-6-4-10(5-7-18)15(20)21/h2-3,8-10H,4-7H2,1H3,(H,20,21)/t9-/m1/s1. The number of carbonyl (C=O) groups excluding carboxylic acids is 1. The molecule has 7 heteroatoms. The number of hydrogen-bond acceptors (Lipinski definition) is 3. The second kappa shape index (κ2) is 6.96. The Morgan fingerprint density at radius 2 is 2.05 bits per heavy atom. The number of benzene rings is 1. The van der Waals surface area contributed by atoms with Gasteiger partial charge in [-0.2, -0.15) is 0 Å². The van der Waals surface area contributed by atoms with Gasteiger partial charge in [-0.15, -0.1) is 0 Å². The van der Waals surface area contributed by atoms with E-state index in [-0.39, 0.29) is 16.7 Å². The molecule has 1 N–H and O–H groups in total. The lowest BCUT2D eigenvalue weighted by molar-refractivity contribution is -0.147. The van der Waals surface area contributed by atoms with Gasteiger partial charge in [0.05, 0.1) is 10.9 Å². The molecule has 1 aliphatic heterocycles. The molecule has 1 atom stereocenters. The third-order valence-corrected chi connectivity index (χ3v) is 4.00. The molecule has 1 heterocycles. The summed E-state index contributed by atoms with van der Waals surface area (Å²) in [5, 5.41) is 9.05. The van der Waals surface area contributed by atoms with Gasteiger partial charge in [-0.1, -0.05) is 11.6 Å². The summed E-state index contributed by atoms with van der Waals surface area (Å²) in [7, 11) is 0. The first-order valence-corrected chi connectivity index (χ1v) is 7.39. The van der Waals surface area contributed by atoms with E-state index in [2.05, 4.69) is 0 Å². The second-order valence-corrected chi connectivity index (χ2v) is 5.68. The van der Waals surface area contributed by atoms with E-state index in [9.17, 15) is 14.0 Å². The van der Waals surface area contributed by atoms with Crippen molar-refractivity contribution in [2.45, 2.75) is 25.9 Å². The van der Waals surface area contributed by atoms with Gasteiger partial charge in [0.25, 0.3) is 5.91 Å². The number of nitrogens with zero attached hydrogens (tertiary/aromatic N) is 1. The number of carbonyl (C=O) groups is 2. The first-order valence-electron chi connectivity index (χ1n) is 7.01. The number of likely N-dealkylation sites (tertiary alicyclic amines) is 1. The number of amides is 1. The zero-order valence-corrected chi connectivity index (χ0v) is 12.8. The molecular weight excluding hydrogens is 313 g/mol. The van der Waals surface area contributed by atoms with Gasteiger partial charge in [0, 0.05) is 13.1 Å². The normalized spacial score (nSPS) is 17.1. The van der Waals surface area contributed by atoms with Gasteiger partial charge in [-0.25, -0.2) is 4.39 Å². The average Bonchev–Trinajstić information content (AvgIpc) is 2.49. The Hall–Kier alpha value is -1.82. The topological polar surface area (TPSA) is 66.8 Å². The summed E-state index contributed by atoms with van der Waals surface area (Å²) in [4.78, 5) is 24.8. The Morgan fingerprint density at radius 3 is 2.59 bits per heavy atom. The lowest BCUT2D eigenvalue weighted by atomic mass is 9.97. The Kier molecular flexibility index (Phi) is 5.24. The van der Waals surface area contributed by atoms with Crippen LogP contribution in [0.4, 0.5) is 4.39 Å². The number of piperidine rings is 1. The molecule has 0 saturated carbocycles. The zero-order valence-electron chi connectivity index (χ0n) is 12.1. The molecule has 1 amide bonds. The Morgan fingerprint density at radius 1 is 1.41 bits per heavy atom. The molecule has 1 aliphatic rings. The van der Waals surface area contributed by atoms with E-state index in [1.165, 1.54) is 12.1 Å². The van der Waals surface area contributed by atoms with Crippen molar-refractivity contribution in [3.05, 3.63) is 29.0 Å². The highest BCUT2D eigenvalue weighted by atomic mass is 35.5. The lowest BCUT2D eigenvalue weighted by Crippen LogP contribution is -2.45. The smallest absolute Gasteiger partial charge is 0.306 e. The van der Waals surface area contributed by atoms with E-state index in [0.29, 0.717) is 25.9 Å². The first-order chi connectivity index (χ1) is 10.4. The van der Waals surface area contributed by atoms with Gasteiger partial charge < -0.3 is 14.7 Å². The van der Waals surface area contributed by atoms with Gasteiger partial charge in [0.15, 0.2) is 6.10 Å². The predicted molar refractivity (Wildman–Crippen MR) is 78.4 cm³/mol. The van der Waals surface area contributed by atoms with Crippen molar-refractivity contribution in [3.8, 4) is 5.75 Å². The lowest BCUT2D eigenvalue weighted by Gasteiger charge is -2.32. The largest absolute Gasteiger partial charge is 0.481 e. The SMILES string of the molecule is C[C@@H](Oc1ccc(F)cc1Cl)C(=O)N1CCC(C(=O)O)CC1. The van der Waals surface area contributed by atoms with Gasteiger partial charge >= 0.3 is 5.97 Å². The monoisotopic (exact) mass is 329 g/mol. The molecular formula is C15H17ClFNO4. The van der Waals surface area contributed by atoms with E-state index in [1.54, 1.807) is 11.8 Å². The summed E-state index contributed by atoms with van der Waals surface area (Å²) < 4.78 is 18.5. The fraction of sp³-hybridized carbons (Fsp3) is 0.467. The maximum absolute atomic E-state index is 13.0. The van der Waals surface area contributed by atoms with Crippen LogP contribution in [-0.4, -0.2) is 41.1 Å². The molecule has 1 aromatic rings. The molecule has 0 radical (unpaired) electrons. The first kappa shape index (κ1) is 16.5. The summed E-state index contributed by atoms with van der Waals surface area (Å²) in [6.45, 7) is 2.37. The summed E-state index contributed by atoms with van der Waals surface area (Å²) in [5.74, 6) is -1.69. The molecule has 0 aromatic heterocycles. The van der Waals surface area contributed by atoms with E-state index >= 15 is 0 Å². The highest BCUT2D eigenvalue weighted by Crippen LogP contribution is 2.26. The zero-order chi connectivity index (χ0) is 16.3. The molecule has 2 rings (SSSR count). The van der Waals surface area contributed by atoms with Crippen molar-refractivity contribution in [2.75, 3.05) is 13.1 Å². The molecule has 0 aliphatic carbocycles. The van der Waals surface area contributed by atoms with Gasteiger partial charge in [0.2, 0.25) is 0 Å². The highest BCUT2D eigenvalue weighted by Gasteiger charge is 2.30. The molecule has 1 fully saturated rings. The Balaban J connectivity index is 1.94. The minimum Gasteiger partial charge on any atom is -0.481 e. The van der Waals surface area contributed by atoms with Crippen molar-refractivity contribution in [2.24, 2.45) is 5.92 Å². The Bertz CT molecular complexity index is 573. The number of rotatable bonds is 4. The van der Waals surface area contributed by atoms with Crippen LogP contribution in [0.1, 0.15) is 19.8 Å². The number of ether oxygens (including phenoxy) is 1. The van der Waals surface area contributed by atoms with E-state index in [1.807, 2.05) is 0 Å². The van der Waals surface area contributed by atoms with Crippen LogP contribution in [0.5, 0.6) is 5.75 Å². The molecule has 22 heavy (non-hydrogen) atoms. The minimum absolute atomic E-state index is 0.101. The second-order valence-electron chi connectivity index (χ2n) is 5.27. The summed E-state index contributed by atoms with van der Waals surface area (Å²) in [6, 6.07) is 3.70. The minimum atomic E-state index is -0.825. The predicted octanol–water partition coefficient (Wildman–Crippen LogP) is 2.57. The van der Waals surface area contributed by atoms with Crippen LogP contribution < -0.4 is 4.74 Å². The van der Waals surface area contributed by atoms with E-state index in [0.717, 1.165) is 6.07 Å². The fourth-order valence-corrected chi connectivity index (χ4v) is 2.63. The van der Waals surface area contributed by atoms with Crippen LogP contribution in [0, 0.1) is 11.7 Å². The number of hydrogen-bond donors (Lipinski definition) is 1. The van der Waals surface area contributed by atoms with Gasteiger partial charge in [0.1, 0.15) is 11.6 Å². The van der Waals surface area contributed by atoms with Crippen LogP contribution >= 0.6 is 11.6 Å². The maximum Gasteiger partial charge on any atom is 0.306 e.